The molecule has 2 unspecified atom stereocenters. The number of anilines is 1. The molecule has 1 fully saturated rings. The highest BCUT2D eigenvalue weighted by atomic mass is 35.5. The first-order valence-corrected chi connectivity index (χ1v) is 12.3. The topological polar surface area (TPSA) is 112 Å². The third-order valence-electron chi connectivity index (χ3n) is 6.38. The highest BCUT2D eigenvalue weighted by Crippen LogP contribution is 2.37. The smallest absolute Gasteiger partial charge is 0.412 e. The Labute approximate surface area is 225 Å². The van der Waals surface area contributed by atoms with Crippen molar-refractivity contribution in [2.24, 2.45) is 5.73 Å². The SMILES string of the molecule is CC(Oc1cc(-c2cnn(C3CCN(C(=O)C(N)C(F)(F)F)CC3)c2)cnc1N)c1c(Cl)ccc(F)c1Cl. The van der Waals surface area contributed by atoms with E-state index in [9.17, 15) is 22.4 Å². The number of benzene rings is 1. The second-order valence-corrected chi connectivity index (χ2v) is 9.69. The molecule has 0 spiro atoms. The second-order valence-electron chi connectivity index (χ2n) is 8.91. The Bertz CT molecular complexity index is 1330. The number of piperidine rings is 1. The Morgan fingerprint density at radius 3 is 2.53 bits per heavy atom. The van der Waals surface area contributed by atoms with Gasteiger partial charge in [0.25, 0.3) is 0 Å². The van der Waals surface area contributed by atoms with Gasteiger partial charge in [0.1, 0.15) is 11.9 Å². The van der Waals surface area contributed by atoms with E-state index in [0.717, 1.165) is 11.0 Å². The van der Waals surface area contributed by atoms with Crippen LogP contribution in [0.5, 0.6) is 5.75 Å². The molecule has 1 aliphatic heterocycles. The van der Waals surface area contributed by atoms with Crippen LogP contribution in [-0.4, -0.2) is 50.9 Å². The molecule has 2 atom stereocenters. The van der Waals surface area contributed by atoms with Gasteiger partial charge in [-0.2, -0.15) is 18.3 Å². The molecule has 204 valence electrons. The highest BCUT2D eigenvalue weighted by molar-refractivity contribution is 6.36. The minimum atomic E-state index is -4.78. The van der Waals surface area contributed by atoms with Gasteiger partial charge in [-0.05, 0) is 38.0 Å². The van der Waals surface area contributed by atoms with Crippen LogP contribution in [0.3, 0.4) is 0 Å². The first-order valence-electron chi connectivity index (χ1n) is 11.6. The van der Waals surface area contributed by atoms with Crippen LogP contribution in [0.15, 0.2) is 36.8 Å². The van der Waals surface area contributed by atoms with Crippen molar-refractivity contribution < 1.29 is 27.1 Å². The number of carbonyl (C=O) groups excluding carboxylic acids is 1. The predicted octanol–water partition coefficient (Wildman–Crippen LogP) is 5.17. The normalized spacial score (nSPS) is 16.4. The van der Waals surface area contributed by atoms with Crippen molar-refractivity contribution in [3.05, 3.63) is 58.2 Å². The number of likely N-dealkylation sites (tertiary alicyclic amines) is 1. The predicted molar refractivity (Wildman–Crippen MR) is 134 cm³/mol. The van der Waals surface area contributed by atoms with Crippen LogP contribution in [0.4, 0.5) is 23.4 Å². The number of nitrogens with two attached hydrogens (primary N) is 2. The quantitative estimate of drug-likeness (QED) is 0.310. The summed E-state index contributed by atoms with van der Waals surface area (Å²) in [7, 11) is 0. The van der Waals surface area contributed by atoms with Gasteiger partial charge in [0.15, 0.2) is 17.6 Å². The number of pyridine rings is 1. The first kappa shape index (κ1) is 27.9. The van der Waals surface area contributed by atoms with E-state index >= 15 is 0 Å². The van der Waals surface area contributed by atoms with Crippen molar-refractivity contribution in [2.75, 3.05) is 18.8 Å². The fourth-order valence-electron chi connectivity index (χ4n) is 4.25. The lowest BCUT2D eigenvalue weighted by molar-refractivity contribution is -0.170. The van der Waals surface area contributed by atoms with E-state index < -0.39 is 30.0 Å². The number of nitrogen functional groups attached to an aromatic ring is 1. The molecule has 14 heteroatoms. The van der Waals surface area contributed by atoms with Crippen molar-refractivity contribution >= 4 is 34.9 Å². The summed E-state index contributed by atoms with van der Waals surface area (Å²) in [4.78, 5) is 17.4. The molecule has 3 heterocycles. The molecule has 0 bridgehead atoms. The molecular weight excluding hydrogens is 551 g/mol. The van der Waals surface area contributed by atoms with E-state index in [1.54, 1.807) is 30.1 Å². The molecule has 4 N–H and O–H groups in total. The first-order chi connectivity index (χ1) is 17.9. The second kappa shape index (κ2) is 11.0. The number of halogens is 6. The lowest BCUT2D eigenvalue weighted by atomic mass is 10.0. The van der Waals surface area contributed by atoms with E-state index in [0.29, 0.717) is 24.0 Å². The maximum atomic E-state index is 14.0. The Balaban J connectivity index is 1.46. The summed E-state index contributed by atoms with van der Waals surface area (Å²) in [5.41, 5.74) is 12.6. The lowest BCUT2D eigenvalue weighted by Gasteiger charge is -2.33. The van der Waals surface area contributed by atoms with Crippen LogP contribution in [0, 0.1) is 5.82 Å². The highest BCUT2D eigenvalue weighted by Gasteiger charge is 2.44. The number of rotatable bonds is 6. The van der Waals surface area contributed by atoms with Crippen LogP contribution in [0.1, 0.15) is 37.5 Å². The van der Waals surface area contributed by atoms with E-state index in [1.807, 2.05) is 0 Å². The zero-order chi connectivity index (χ0) is 27.8. The summed E-state index contributed by atoms with van der Waals surface area (Å²) in [6.07, 6.45) is 0.217. The Hall–Kier alpha value is -3.09. The molecule has 0 aliphatic carbocycles. The molecule has 0 radical (unpaired) electrons. The minimum Gasteiger partial charge on any atom is -0.482 e. The van der Waals surface area contributed by atoms with E-state index in [4.69, 9.17) is 39.4 Å². The van der Waals surface area contributed by atoms with Gasteiger partial charge < -0.3 is 21.1 Å². The van der Waals surface area contributed by atoms with Gasteiger partial charge in [-0.25, -0.2) is 9.37 Å². The molecule has 2 aromatic heterocycles. The molecule has 1 amide bonds. The average molecular weight is 575 g/mol. The van der Waals surface area contributed by atoms with Crippen molar-refractivity contribution in [2.45, 2.75) is 44.1 Å². The standard InChI is InChI=1S/C24H24Cl2F4N6O2/c1-12(19-16(25)2-3-17(27)20(19)26)38-18-8-13(9-33-22(18)32)14-10-34-36(11-14)15-4-6-35(7-5-15)23(37)21(31)24(28,29)30/h2-3,8-12,15,21H,4-7,31H2,1H3,(H2,32,33). The summed E-state index contributed by atoms with van der Waals surface area (Å²) < 4.78 is 60.0. The molecular formula is C24H24Cl2F4N6O2. The number of alkyl halides is 3. The number of hydrogen-bond donors (Lipinski definition) is 2. The van der Waals surface area contributed by atoms with Gasteiger partial charge in [-0.15, -0.1) is 0 Å². The third kappa shape index (κ3) is 5.82. The summed E-state index contributed by atoms with van der Waals surface area (Å²) in [5.74, 6) is -1.43. The maximum Gasteiger partial charge on any atom is 0.412 e. The fourth-order valence-corrected chi connectivity index (χ4v) is 4.92. The fraction of sp³-hybridized carbons (Fsp3) is 0.375. The zero-order valence-corrected chi connectivity index (χ0v) is 21.6. The number of aromatic nitrogens is 3. The largest absolute Gasteiger partial charge is 0.482 e. The van der Waals surface area contributed by atoms with Crippen LogP contribution >= 0.6 is 23.2 Å². The van der Waals surface area contributed by atoms with Gasteiger partial charge in [0, 0.05) is 47.2 Å². The van der Waals surface area contributed by atoms with Crippen LogP contribution < -0.4 is 16.2 Å². The number of carbonyl (C=O) groups is 1. The lowest BCUT2D eigenvalue weighted by Crippen LogP contribution is -2.53. The van der Waals surface area contributed by atoms with Gasteiger partial charge in [0.2, 0.25) is 5.91 Å². The van der Waals surface area contributed by atoms with Crippen molar-refractivity contribution in [3.8, 4) is 16.9 Å². The summed E-state index contributed by atoms with van der Waals surface area (Å²) in [6, 6.07) is 1.55. The number of hydrogen-bond acceptors (Lipinski definition) is 6. The van der Waals surface area contributed by atoms with Crippen LogP contribution in [0.2, 0.25) is 10.0 Å². The number of nitrogens with zero attached hydrogens (tertiary/aromatic N) is 4. The van der Waals surface area contributed by atoms with Gasteiger partial charge in [-0.1, -0.05) is 23.2 Å². The van der Waals surface area contributed by atoms with Gasteiger partial charge >= 0.3 is 6.18 Å². The van der Waals surface area contributed by atoms with Crippen molar-refractivity contribution in [3.63, 3.8) is 0 Å². The minimum absolute atomic E-state index is 0.103. The summed E-state index contributed by atoms with van der Waals surface area (Å²) in [6.45, 7) is 1.91. The maximum absolute atomic E-state index is 14.0. The Morgan fingerprint density at radius 2 is 1.87 bits per heavy atom. The van der Waals surface area contributed by atoms with Crippen LogP contribution in [-0.2, 0) is 4.79 Å². The van der Waals surface area contributed by atoms with Gasteiger partial charge in [-0.3, -0.25) is 9.48 Å². The summed E-state index contributed by atoms with van der Waals surface area (Å²) >= 11 is 12.3. The van der Waals surface area contributed by atoms with Crippen molar-refractivity contribution in [1.29, 1.82) is 0 Å². The van der Waals surface area contributed by atoms with E-state index in [2.05, 4.69) is 10.1 Å². The Morgan fingerprint density at radius 1 is 1.18 bits per heavy atom. The molecule has 1 aromatic carbocycles. The molecule has 1 saturated heterocycles. The average Bonchev–Trinajstić information content (AvgIpc) is 3.37. The van der Waals surface area contributed by atoms with Gasteiger partial charge in [0.05, 0.1) is 17.3 Å². The molecule has 1 aliphatic rings. The molecule has 38 heavy (non-hydrogen) atoms. The number of ether oxygens (including phenoxy) is 1. The third-order valence-corrected chi connectivity index (χ3v) is 7.09. The molecule has 4 rings (SSSR count). The van der Waals surface area contributed by atoms with Crippen molar-refractivity contribution in [1.82, 2.24) is 19.7 Å². The summed E-state index contributed by atoms with van der Waals surface area (Å²) in [5, 5.41) is 4.47. The number of amides is 1. The molecule has 3 aromatic rings. The molecule has 8 nitrogen and oxygen atoms in total. The zero-order valence-electron chi connectivity index (χ0n) is 20.1. The molecule has 0 saturated carbocycles. The van der Waals surface area contributed by atoms with Crippen LogP contribution in [0.25, 0.3) is 11.1 Å². The van der Waals surface area contributed by atoms with E-state index in [-0.39, 0.29) is 46.3 Å². The Kier molecular flexibility index (Phi) is 8.05. The monoisotopic (exact) mass is 574 g/mol. The van der Waals surface area contributed by atoms with E-state index in [1.165, 1.54) is 12.3 Å².